The van der Waals surface area contributed by atoms with Crippen molar-refractivity contribution in [3.63, 3.8) is 0 Å². The summed E-state index contributed by atoms with van der Waals surface area (Å²) in [6.45, 7) is 0.580. The summed E-state index contributed by atoms with van der Waals surface area (Å²) in [5, 5.41) is 13.6. The van der Waals surface area contributed by atoms with Crippen molar-refractivity contribution in [2.24, 2.45) is 5.73 Å². The molecule has 0 amide bonds. The summed E-state index contributed by atoms with van der Waals surface area (Å²) >= 11 is 0. The standard InChI is InChI=1S/C29H35N7O/c30-21-15-13-20(14-16-21)27-33-25-26(34-29(31)35-28(25)36(27)22-5-1-2-6-22)32-17-18-9-11-19(12-10-18)23-7-3-4-8-24(23)37/h3-4,7-12,20-22,37H,1-2,5-6,13-17,30H2,(H3,31,32,34,35). The Morgan fingerprint density at radius 2 is 1.62 bits per heavy atom. The maximum atomic E-state index is 10.2. The predicted molar refractivity (Wildman–Crippen MR) is 147 cm³/mol. The number of nitrogens with one attached hydrogen (secondary N) is 1. The highest BCUT2D eigenvalue weighted by Gasteiger charge is 2.31. The summed E-state index contributed by atoms with van der Waals surface area (Å²) in [6, 6.07) is 16.3. The van der Waals surface area contributed by atoms with Crippen LogP contribution >= 0.6 is 0 Å². The lowest BCUT2D eigenvalue weighted by molar-refractivity contribution is 0.367. The Hall–Kier alpha value is -3.65. The second kappa shape index (κ2) is 10.0. The van der Waals surface area contributed by atoms with Gasteiger partial charge in [0, 0.05) is 30.1 Å². The minimum Gasteiger partial charge on any atom is -0.507 e. The van der Waals surface area contributed by atoms with Crippen molar-refractivity contribution in [2.75, 3.05) is 11.1 Å². The molecule has 0 bridgehead atoms. The highest BCUT2D eigenvalue weighted by Crippen LogP contribution is 2.40. The van der Waals surface area contributed by atoms with Crippen LogP contribution in [-0.2, 0) is 6.54 Å². The van der Waals surface area contributed by atoms with E-state index < -0.39 is 0 Å². The van der Waals surface area contributed by atoms with Crippen molar-refractivity contribution in [1.82, 2.24) is 19.5 Å². The molecule has 0 atom stereocenters. The van der Waals surface area contributed by atoms with Gasteiger partial charge in [-0.05, 0) is 55.7 Å². The van der Waals surface area contributed by atoms with Crippen LogP contribution in [0.1, 0.15) is 74.7 Å². The summed E-state index contributed by atoms with van der Waals surface area (Å²) in [6.07, 6.45) is 8.98. The first-order valence-corrected chi connectivity index (χ1v) is 13.5. The Morgan fingerprint density at radius 1 is 0.892 bits per heavy atom. The van der Waals surface area contributed by atoms with Crippen LogP contribution in [0.15, 0.2) is 48.5 Å². The summed E-state index contributed by atoms with van der Waals surface area (Å²) in [5.41, 5.74) is 17.0. The van der Waals surface area contributed by atoms with Crippen LogP contribution in [0, 0.1) is 0 Å². The number of nitrogens with two attached hydrogens (primary N) is 2. The van der Waals surface area contributed by atoms with Crippen LogP contribution in [-0.4, -0.2) is 30.7 Å². The SMILES string of the molecule is Nc1nc(NCc2ccc(-c3ccccc3O)cc2)c2nc(C3CCC(N)CC3)n(C3CCCC3)c2n1. The number of aromatic hydroxyl groups is 1. The Labute approximate surface area is 217 Å². The molecule has 6 N–H and O–H groups in total. The van der Waals surface area contributed by atoms with Gasteiger partial charge in [0.25, 0.3) is 0 Å². The van der Waals surface area contributed by atoms with E-state index in [1.54, 1.807) is 6.07 Å². The molecule has 8 heteroatoms. The number of phenolic OH excluding ortho intramolecular Hbond substituents is 1. The fourth-order valence-corrected chi connectivity index (χ4v) is 6.02. The zero-order valence-corrected chi connectivity index (χ0v) is 21.1. The van der Waals surface area contributed by atoms with Crippen LogP contribution in [0.4, 0.5) is 11.8 Å². The van der Waals surface area contributed by atoms with Gasteiger partial charge in [0.05, 0.1) is 0 Å². The van der Waals surface area contributed by atoms with E-state index in [2.05, 4.69) is 27.0 Å². The number of nitrogen functional groups attached to an aromatic ring is 1. The summed E-state index contributed by atoms with van der Waals surface area (Å²) in [5.74, 6) is 2.74. The number of fused-ring (bicyclic) bond motifs is 1. The first-order chi connectivity index (χ1) is 18.1. The van der Waals surface area contributed by atoms with E-state index in [1.807, 2.05) is 30.3 Å². The number of hydrogen-bond acceptors (Lipinski definition) is 7. The molecule has 192 valence electrons. The normalized spacial score (nSPS) is 20.5. The number of hydrogen-bond donors (Lipinski definition) is 4. The van der Waals surface area contributed by atoms with E-state index in [4.69, 9.17) is 21.4 Å². The maximum Gasteiger partial charge on any atom is 0.224 e. The zero-order valence-electron chi connectivity index (χ0n) is 21.1. The lowest BCUT2D eigenvalue weighted by Gasteiger charge is -2.27. The molecule has 2 aromatic heterocycles. The van der Waals surface area contributed by atoms with Gasteiger partial charge >= 0.3 is 0 Å². The number of imidazole rings is 1. The summed E-state index contributed by atoms with van der Waals surface area (Å²) < 4.78 is 2.38. The van der Waals surface area contributed by atoms with Gasteiger partial charge < -0.3 is 26.5 Å². The van der Waals surface area contributed by atoms with Crippen molar-refractivity contribution in [3.05, 3.63) is 59.9 Å². The number of anilines is 2. The minimum absolute atomic E-state index is 0.265. The van der Waals surface area contributed by atoms with Crippen molar-refractivity contribution < 1.29 is 5.11 Å². The van der Waals surface area contributed by atoms with Gasteiger partial charge in [-0.2, -0.15) is 9.97 Å². The fourth-order valence-electron chi connectivity index (χ4n) is 6.02. The molecule has 37 heavy (non-hydrogen) atoms. The van der Waals surface area contributed by atoms with Crippen molar-refractivity contribution in [1.29, 1.82) is 0 Å². The van der Waals surface area contributed by atoms with Crippen molar-refractivity contribution in [2.45, 2.75) is 75.9 Å². The van der Waals surface area contributed by atoms with Gasteiger partial charge in [-0.15, -0.1) is 0 Å². The van der Waals surface area contributed by atoms with E-state index in [9.17, 15) is 5.11 Å². The molecular weight excluding hydrogens is 462 g/mol. The number of rotatable bonds is 6. The first kappa shape index (κ1) is 23.7. The van der Waals surface area contributed by atoms with E-state index in [1.165, 1.54) is 12.8 Å². The molecule has 2 aliphatic carbocycles. The lowest BCUT2D eigenvalue weighted by Crippen LogP contribution is -2.27. The number of aromatic nitrogens is 4. The molecule has 2 heterocycles. The number of benzene rings is 2. The minimum atomic E-state index is 0.265. The Kier molecular flexibility index (Phi) is 6.42. The third-order valence-electron chi connectivity index (χ3n) is 8.04. The van der Waals surface area contributed by atoms with Crippen molar-refractivity contribution >= 4 is 22.9 Å². The summed E-state index contributed by atoms with van der Waals surface area (Å²) in [4.78, 5) is 14.4. The van der Waals surface area contributed by atoms with Gasteiger partial charge in [-0.25, -0.2) is 4.98 Å². The molecule has 0 aliphatic heterocycles. The van der Waals surface area contributed by atoms with E-state index in [0.717, 1.165) is 72.2 Å². The average Bonchev–Trinajstić information content (AvgIpc) is 3.56. The topological polar surface area (TPSA) is 128 Å². The molecule has 2 aliphatic rings. The van der Waals surface area contributed by atoms with Gasteiger partial charge in [0.15, 0.2) is 17.0 Å². The van der Waals surface area contributed by atoms with Crippen LogP contribution in [0.2, 0.25) is 0 Å². The third-order valence-corrected chi connectivity index (χ3v) is 8.04. The monoisotopic (exact) mass is 497 g/mol. The molecule has 0 unspecified atom stereocenters. The number of nitrogens with zero attached hydrogens (tertiary/aromatic N) is 4. The lowest BCUT2D eigenvalue weighted by atomic mass is 9.86. The van der Waals surface area contributed by atoms with Crippen LogP contribution in [0.25, 0.3) is 22.3 Å². The fraction of sp³-hybridized carbons (Fsp3) is 0.414. The Balaban J connectivity index is 1.30. The quantitative estimate of drug-likeness (QED) is 0.277. The molecule has 2 fully saturated rings. The predicted octanol–water partition coefficient (Wildman–Crippen LogP) is 5.49. The van der Waals surface area contributed by atoms with Crippen molar-refractivity contribution in [3.8, 4) is 16.9 Å². The highest BCUT2D eigenvalue weighted by atomic mass is 16.3. The van der Waals surface area contributed by atoms with Crippen LogP contribution in [0.5, 0.6) is 5.75 Å². The molecule has 0 radical (unpaired) electrons. The first-order valence-electron chi connectivity index (χ1n) is 13.5. The van der Waals surface area contributed by atoms with E-state index >= 15 is 0 Å². The second-order valence-electron chi connectivity index (χ2n) is 10.6. The van der Waals surface area contributed by atoms with E-state index in [0.29, 0.717) is 30.4 Å². The Morgan fingerprint density at radius 3 is 2.35 bits per heavy atom. The third kappa shape index (κ3) is 4.73. The molecule has 8 nitrogen and oxygen atoms in total. The van der Waals surface area contributed by atoms with Crippen LogP contribution < -0.4 is 16.8 Å². The van der Waals surface area contributed by atoms with Gasteiger partial charge in [-0.3, -0.25) is 0 Å². The Bertz CT molecular complexity index is 1380. The molecular formula is C29H35N7O. The van der Waals surface area contributed by atoms with E-state index in [-0.39, 0.29) is 11.7 Å². The maximum absolute atomic E-state index is 10.2. The highest BCUT2D eigenvalue weighted by molar-refractivity contribution is 5.85. The number of para-hydroxylation sites is 1. The van der Waals surface area contributed by atoms with Gasteiger partial charge in [-0.1, -0.05) is 55.3 Å². The van der Waals surface area contributed by atoms with Gasteiger partial charge in [0.2, 0.25) is 5.95 Å². The number of phenols is 1. The molecule has 2 saturated carbocycles. The average molecular weight is 498 g/mol. The molecule has 4 aromatic rings. The largest absolute Gasteiger partial charge is 0.507 e. The molecule has 2 aromatic carbocycles. The summed E-state index contributed by atoms with van der Waals surface area (Å²) in [7, 11) is 0. The van der Waals surface area contributed by atoms with Crippen LogP contribution in [0.3, 0.4) is 0 Å². The smallest absolute Gasteiger partial charge is 0.224 e. The molecule has 6 rings (SSSR count). The zero-order chi connectivity index (χ0) is 25.4. The van der Waals surface area contributed by atoms with Gasteiger partial charge in [0.1, 0.15) is 11.6 Å². The molecule has 0 spiro atoms. The second-order valence-corrected chi connectivity index (χ2v) is 10.6. The molecule has 0 saturated heterocycles.